The molecule has 1 atom stereocenters. The Bertz CT molecular complexity index is 811. The Balaban J connectivity index is 2.05. The molecule has 0 spiro atoms. The number of urea groups is 1. The molecule has 6 nitrogen and oxygen atoms in total. The molecule has 0 saturated carbocycles. The molecule has 1 aromatic carbocycles. The number of thiophene rings is 1. The SMILES string of the molecule is NC(=O)Nc1cccc2c1C(=O)C(C(=O)c1cccs1)C2=O. The summed E-state index contributed by atoms with van der Waals surface area (Å²) in [6.45, 7) is 0. The number of nitrogens with two attached hydrogens (primary N) is 1. The van der Waals surface area contributed by atoms with Crippen molar-refractivity contribution in [3.8, 4) is 0 Å². The van der Waals surface area contributed by atoms with E-state index in [1.165, 1.54) is 29.5 Å². The van der Waals surface area contributed by atoms with Crippen LogP contribution in [0.3, 0.4) is 0 Å². The second-order valence-corrected chi connectivity index (χ2v) is 5.67. The van der Waals surface area contributed by atoms with Crippen LogP contribution >= 0.6 is 11.3 Å². The molecule has 2 amide bonds. The van der Waals surface area contributed by atoms with E-state index >= 15 is 0 Å². The number of carbonyl (C=O) groups excluding carboxylic acids is 4. The normalized spacial score (nSPS) is 16.5. The van der Waals surface area contributed by atoms with E-state index in [1.807, 2.05) is 0 Å². The number of rotatable bonds is 3. The highest BCUT2D eigenvalue weighted by Crippen LogP contribution is 2.34. The van der Waals surface area contributed by atoms with Gasteiger partial charge in [0.15, 0.2) is 17.3 Å². The Labute approximate surface area is 128 Å². The van der Waals surface area contributed by atoms with Crippen molar-refractivity contribution in [1.82, 2.24) is 0 Å². The van der Waals surface area contributed by atoms with Crippen molar-refractivity contribution in [2.75, 3.05) is 5.32 Å². The van der Waals surface area contributed by atoms with Crippen molar-refractivity contribution in [2.45, 2.75) is 0 Å². The molecule has 1 unspecified atom stereocenters. The number of anilines is 1. The second-order valence-electron chi connectivity index (χ2n) is 4.72. The van der Waals surface area contributed by atoms with Crippen LogP contribution in [0.1, 0.15) is 30.4 Å². The molecule has 0 bridgehead atoms. The third-order valence-electron chi connectivity index (χ3n) is 3.38. The number of benzene rings is 1. The van der Waals surface area contributed by atoms with Gasteiger partial charge >= 0.3 is 6.03 Å². The van der Waals surface area contributed by atoms with Gasteiger partial charge in [0.05, 0.1) is 16.1 Å². The lowest BCUT2D eigenvalue weighted by Gasteiger charge is -2.06. The van der Waals surface area contributed by atoms with Gasteiger partial charge in [0.1, 0.15) is 5.92 Å². The average Bonchev–Trinajstić information content (AvgIpc) is 3.07. The molecular formula is C15H10N2O4S. The van der Waals surface area contributed by atoms with E-state index in [2.05, 4.69) is 5.32 Å². The first-order valence-electron chi connectivity index (χ1n) is 6.36. The summed E-state index contributed by atoms with van der Waals surface area (Å²) >= 11 is 1.17. The molecule has 0 fully saturated rings. The lowest BCUT2D eigenvalue weighted by molar-refractivity contribution is 0.0758. The summed E-state index contributed by atoms with van der Waals surface area (Å²) in [7, 11) is 0. The number of amides is 2. The van der Waals surface area contributed by atoms with Gasteiger partial charge in [-0.25, -0.2) is 4.79 Å². The fourth-order valence-corrected chi connectivity index (χ4v) is 3.17. The minimum atomic E-state index is -1.38. The van der Waals surface area contributed by atoms with Gasteiger partial charge in [-0.2, -0.15) is 0 Å². The van der Waals surface area contributed by atoms with Crippen molar-refractivity contribution >= 4 is 40.4 Å². The number of fused-ring (bicyclic) bond motifs is 1. The Morgan fingerprint density at radius 3 is 2.50 bits per heavy atom. The molecule has 22 heavy (non-hydrogen) atoms. The lowest BCUT2D eigenvalue weighted by Crippen LogP contribution is -2.25. The first-order valence-corrected chi connectivity index (χ1v) is 7.24. The highest BCUT2D eigenvalue weighted by atomic mass is 32.1. The quantitative estimate of drug-likeness (QED) is 0.668. The van der Waals surface area contributed by atoms with Gasteiger partial charge in [-0.05, 0) is 17.5 Å². The standard InChI is InChI=1S/C15H10N2O4S/c16-15(21)17-8-4-1-3-7-10(8)14(20)11(12(7)18)13(19)9-5-2-6-22-9/h1-6,11H,(H3,16,17,21). The molecule has 1 heterocycles. The van der Waals surface area contributed by atoms with Gasteiger partial charge in [-0.1, -0.05) is 18.2 Å². The molecule has 3 N–H and O–H groups in total. The average molecular weight is 314 g/mol. The van der Waals surface area contributed by atoms with Gasteiger partial charge in [-0.15, -0.1) is 11.3 Å². The topological polar surface area (TPSA) is 106 Å². The monoisotopic (exact) mass is 314 g/mol. The van der Waals surface area contributed by atoms with E-state index in [0.717, 1.165) is 0 Å². The molecular weight excluding hydrogens is 304 g/mol. The van der Waals surface area contributed by atoms with E-state index in [4.69, 9.17) is 5.73 Å². The maximum atomic E-state index is 12.5. The number of carbonyl (C=O) groups is 4. The fraction of sp³-hybridized carbons (Fsp3) is 0.0667. The van der Waals surface area contributed by atoms with Crippen LogP contribution in [0, 0.1) is 5.92 Å². The molecule has 1 aliphatic carbocycles. The third-order valence-corrected chi connectivity index (χ3v) is 4.27. The summed E-state index contributed by atoms with van der Waals surface area (Å²) in [4.78, 5) is 48.7. The predicted octanol–water partition coefficient (Wildman–Crippen LogP) is 2.12. The van der Waals surface area contributed by atoms with Gasteiger partial charge < -0.3 is 11.1 Å². The first-order chi connectivity index (χ1) is 10.5. The number of hydrogen-bond acceptors (Lipinski definition) is 5. The number of hydrogen-bond donors (Lipinski definition) is 2. The zero-order chi connectivity index (χ0) is 15.9. The lowest BCUT2D eigenvalue weighted by atomic mass is 9.97. The van der Waals surface area contributed by atoms with Crippen LogP contribution in [0.25, 0.3) is 0 Å². The third kappa shape index (κ3) is 2.11. The molecule has 3 rings (SSSR count). The van der Waals surface area contributed by atoms with Crippen LogP contribution in [0.15, 0.2) is 35.7 Å². The van der Waals surface area contributed by atoms with E-state index in [0.29, 0.717) is 4.88 Å². The van der Waals surface area contributed by atoms with Gasteiger partial charge in [-0.3, -0.25) is 14.4 Å². The van der Waals surface area contributed by atoms with E-state index in [1.54, 1.807) is 17.5 Å². The van der Waals surface area contributed by atoms with E-state index in [9.17, 15) is 19.2 Å². The summed E-state index contributed by atoms with van der Waals surface area (Å²) in [5.74, 6) is -3.06. The molecule has 0 aliphatic heterocycles. The molecule has 0 radical (unpaired) electrons. The van der Waals surface area contributed by atoms with Crippen LogP contribution in [0.5, 0.6) is 0 Å². The summed E-state index contributed by atoms with van der Waals surface area (Å²) in [6.07, 6.45) is 0. The fourth-order valence-electron chi connectivity index (χ4n) is 2.48. The van der Waals surface area contributed by atoms with Crippen molar-refractivity contribution in [1.29, 1.82) is 0 Å². The molecule has 7 heteroatoms. The number of Topliss-reactive ketones (excluding diaryl/α,β-unsaturated/α-hetero) is 3. The van der Waals surface area contributed by atoms with Crippen molar-refractivity contribution in [2.24, 2.45) is 11.7 Å². The van der Waals surface area contributed by atoms with Crippen LogP contribution in [0.4, 0.5) is 10.5 Å². The van der Waals surface area contributed by atoms with E-state index < -0.39 is 29.3 Å². The van der Waals surface area contributed by atoms with Crippen molar-refractivity contribution in [3.63, 3.8) is 0 Å². The molecule has 1 aliphatic rings. The Morgan fingerprint density at radius 1 is 1.09 bits per heavy atom. The summed E-state index contributed by atoms with van der Waals surface area (Å²) in [5, 5.41) is 4.01. The Hall–Kier alpha value is -2.80. The predicted molar refractivity (Wildman–Crippen MR) is 80.4 cm³/mol. The second kappa shape index (κ2) is 5.19. The van der Waals surface area contributed by atoms with Crippen LogP contribution in [-0.4, -0.2) is 23.4 Å². The zero-order valence-electron chi connectivity index (χ0n) is 11.2. The molecule has 110 valence electrons. The zero-order valence-corrected chi connectivity index (χ0v) is 12.0. The van der Waals surface area contributed by atoms with Crippen molar-refractivity contribution in [3.05, 3.63) is 51.7 Å². The summed E-state index contributed by atoms with van der Waals surface area (Å²) in [5.41, 5.74) is 5.38. The number of primary amides is 1. The highest BCUT2D eigenvalue weighted by Gasteiger charge is 2.45. The smallest absolute Gasteiger partial charge is 0.316 e. The minimum absolute atomic E-state index is 0.0428. The van der Waals surface area contributed by atoms with Crippen molar-refractivity contribution < 1.29 is 19.2 Å². The summed E-state index contributed by atoms with van der Waals surface area (Å²) < 4.78 is 0. The number of nitrogens with one attached hydrogen (secondary N) is 1. The van der Waals surface area contributed by atoms with Crippen LogP contribution in [-0.2, 0) is 0 Å². The van der Waals surface area contributed by atoms with Crippen LogP contribution in [0.2, 0.25) is 0 Å². The minimum Gasteiger partial charge on any atom is -0.351 e. The van der Waals surface area contributed by atoms with Gasteiger partial charge in [0.2, 0.25) is 0 Å². The highest BCUT2D eigenvalue weighted by molar-refractivity contribution is 7.12. The summed E-state index contributed by atoms with van der Waals surface area (Å²) in [6, 6.07) is 6.85. The molecule has 1 aromatic heterocycles. The Morgan fingerprint density at radius 2 is 1.86 bits per heavy atom. The van der Waals surface area contributed by atoms with Gasteiger partial charge in [0.25, 0.3) is 0 Å². The number of ketones is 3. The maximum absolute atomic E-state index is 12.5. The van der Waals surface area contributed by atoms with Crippen LogP contribution < -0.4 is 11.1 Å². The largest absolute Gasteiger partial charge is 0.351 e. The van der Waals surface area contributed by atoms with E-state index in [-0.39, 0.29) is 16.8 Å². The first kappa shape index (κ1) is 14.2. The maximum Gasteiger partial charge on any atom is 0.316 e. The molecule has 2 aromatic rings. The molecule has 0 saturated heterocycles. The Kier molecular flexibility index (Phi) is 3.34. The van der Waals surface area contributed by atoms with Gasteiger partial charge in [0, 0.05) is 5.56 Å².